The molecule has 0 bridgehead atoms. The molecule has 0 saturated carbocycles. The number of benzene rings is 1. The van der Waals surface area contributed by atoms with Crippen molar-refractivity contribution in [3.8, 4) is 11.5 Å². The van der Waals surface area contributed by atoms with Crippen LogP contribution < -0.4 is 9.47 Å². The molecular weight excluding hydrogens is 316 g/mol. The number of hydrogen-bond acceptors (Lipinski definition) is 5. The van der Waals surface area contributed by atoms with Crippen molar-refractivity contribution in [2.45, 2.75) is 39.8 Å². The first kappa shape index (κ1) is 20.0. The third-order valence-corrected chi connectivity index (χ3v) is 4.71. The molecule has 0 aromatic heterocycles. The van der Waals surface area contributed by atoms with E-state index in [4.69, 9.17) is 9.47 Å². The van der Waals surface area contributed by atoms with Gasteiger partial charge in [-0.3, -0.25) is 9.80 Å². The van der Waals surface area contributed by atoms with Crippen LogP contribution in [0.3, 0.4) is 0 Å². The van der Waals surface area contributed by atoms with Crippen LogP contribution >= 0.6 is 0 Å². The lowest BCUT2D eigenvalue weighted by Crippen LogP contribution is -2.54. The monoisotopic (exact) mass is 350 g/mol. The van der Waals surface area contributed by atoms with E-state index in [2.05, 4.69) is 36.6 Å². The zero-order chi connectivity index (χ0) is 18.4. The molecule has 1 fully saturated rings. The highest BCUT2D eigenvalue weighted by molar-refractivity contribution is 5.40. The Labute approximate surface area is 152 Å². The highest BCUT2D eigenvalue weighted by Crippen LogP contribution is 2.27. The molecule has 0 aliphatic carbocycles. The molecule has 2 rings (SSSR count). The SMILES string of the molecule is COc1ccc(OC)c(CN2CCN(CC(C)(C)C)C(CCO)C2)c1. The van der Waals surface area contributed by atoms with Gasteiger partial charge >= 0.3 is 0 Å². The van der Waals surface area contributed by atoms with Crippen LogP contribution in [0.1, 0.15) is 32.8 Å². The van der Waals surface area contributed by atoms with Gasteiger partial charge in [-0.15, -0.1) is 0 Å². The number of nitrogens with zero attached hydrogens (tertiary/aromatic N) is 2. The van der Waals surface area contributed by atoms with Crippen LogP contribution in [0.25, 0.3) is 0 Å². The van der Waals surface area contributed by atoms with Crippen LogP contribution in [0, 0.1) is 5.41 Å². The Balaban J connectivity index is 2.07. The van der Waals surface area contributed by atoms with E-state index in [1.807, 2.05) is 12.1 Å². The lowest BCUT2D eigenvalue weighted by atomic mass is 9.94. The van der Waals surface area contributed by atoms with Gasteiger partial charge in [0.25, 0.3) is 0 Å². The van der Waals surface area contributed by atoms with Gasteiger partial charge in [0.2, 0.25) is 0 Å². The van der Waals surface area contributed by atoms with Crippen LogP contribution in [0.5, 0.6) is 11.5 Å². The van der Waals surface area contributed by atoms with Crippen molar-refractivity contribution in [1.82, 2.24) is 9.80 Å². The molecule has 142 valence electrons. The maximum absolute atomic E-state index is 9.48. The minimum Gasteiger partial charge on any atom is -0.497 e. The van der Waals surface area contributed by atoms with E-state index in [0.29, 0.717) is 6.04 Å². The van der Waals surface area contributed by atoms with E-state index >= 15 is 0 Å². The van der Waals surface area contributed by atoms with Gasteiger partial charge in [0.15, 0.2) is 0 Å². The Bertz CT molecular complexity index is 542. The first-order valence-electron chi connectivity index (χ1n) is 9.14. The quantitative estimate of drug-likeness (QED) is 0.819. The van der Waals surface area contributed by atoms with Gasteiger partial charge in [0.05, 0.1) is 14.2 Å². The van der Waals surface area contributed by atoms with Crippen LogP contribution in [-0.2, 0) is 6.54 Å². The summed E-state index contributed by atoms with van der Waals surface area (Å²) in [7, 11) is 3.40. The summed E-state index contributed by atoms with van der Waals surface area (Å²) >= 11 is 0. The van der Waals surface area contributed by atoms with Crippen molar-refractivity contribution in [2.24, 2.45) is 5.41 Å². The molecule has 0 radical (unpaired) electrons. The molecule has 1 heterocycles. The van der Waals surface area contributed by atoms with Crippen molar-refractivity contribution in [2.75, 3.05) is 47.0 Å². The fourth-order valence-corrected chi connectivity index (χ4v) is 3.59. The topological polar surface area (TPSA) is 45.2 Å². The number of hydrogen-bond donors (Lipinski definition) is 1. The number of piperazine rings is 1. The fraction of sp³-hybridized carbons (Fsp3) is 0.700. The predicted molar refractivity (Wildman–Crippen MR) is 101 cm³/mol. The summed E-state index contributed by atoms with van der Waals surface area (Å²) in [4.78, 5) is 4.99. The maximum atomic E-state index is 9.48. The van der Waals surface area contributed by atoms with E-state index in [9.17, 15) is 5.11 Å². The van der Waals surface area contributed by atoms with E-state index in [1.54, 1.807) is 14.2 Å². The number of ether oxygens (including phenoxy) is 2. The highest BCUT2D eigenvalue weighted by atomic mass is 16.5. The highest BCUT2D eigenvalue weighted by Gasteiger charge is 2.29. The molecule has 1 saturated heterocycles. The number of aliphatic hydroxyl groups is 1. The standard InChI is InChI=1S/C20H34N2O3/c1-20(2,3)15-22-10-9-21(14-17(22)8-11-23)13-16-12-18(24-4)6-7-19(16)25-5/h6-7,12,17,23H,8-11,13-15H2,1-5H3. The van der Waals surface area contributed by atoms with E-state index in [-0.39, 0.29) is 12.0 Å². The zero-order valence-electron chi connectivity index (χ0n) is 16.4. The van der Waals surface area contributed by atoms with Crippen LogP contribution in [0.4, 0.5) is 0 Å². The summed E-state index contributed by atoms with van der Waals surface area (Å²) in [6.45, 7) is 12.0. The minimum absolute atomic E-state index is 0.238. The van der Waals surface area contributed by atoms with Crippen molar-refractivity contribution in [1.29, 1.82) is 0 Å². The largest absolute Gasteiger partial charge is 0.497 e. The second-order valence-corrected chi connectivity index (χ2v) is 8.11. The summed E-state index contributed by atoms with van der Waals surface area (Å²) in [5.74, 6) is 1.76. The number of aliphatic hydroxyl groups excluding tert-OH is 1. The Morgan fingerprint density at radius 1 is 1.16 bits per heavy atom. The summed E-state index contributed by atoms with van der Waals surface area (Å²) in [6.07, 6.45) is 0.821. The van der Waals surface area contributed by atoms with E-state index < -0.39 is 0 Å². The van der Waals surface area contributed by atoms with Crippen molar-refractivity contribution in [3.05, 3.63) is 23.8 Å². The first-order valence-corrected chi connectivity index (χ1v) is 9.14. The summed E-state index contributed by atoms with van der Waals surface area (Å²) in [6, 6.07) is 6.35. The van der Waals surface area contributed by atoms with E-state index in [0.717, 1.165) is 56.2 Å². The molecule has 0 amide bonds. The zero-order valence-corrected chi connectivity index (χ0v) is 16.4. The Morgan fingerprint density at radius 2 is 1.92 bits per heavy atom. The van der Waals surface area contributed by atoms with Crippen molar-refractivity contribution >= 4 is 0 Å². The summed E-state index contributed by atoms with van der Waals surface area (Å²) < 4.78 is 10.9. The van der Waals surface area contributed by atoms with Crippen LogP contribution in [-0.4, -0.2) is 68.0 Å². The van der Waals surface area contributed by atoms with Crippen molar-refractivity contribution in [3.63, 3.8) is 0 Å². The Morgan fingerprint density at radius 3 is 2.52 bits per heavy atom. The van der Waals surface area contributed by atoms with Gasteiger partial charge in [-0.25, -0.2) is 0 Å². The molecule has 1 aromatic carbocycles. The van der Waals surface area contributed by atoms with E-state index in [1.165, 1.54) is 0 Å². The third-order valence-electron chi connectivity index (χ3n) is 4.71. The summed E-state index contributed by atoms with van der Waals surface area (Å²) in [5.41, 5.74) is 1.42. The Hall–Kier alpha value is -1.30. The third kappa shape index (κ3) is 5.87. The molecule has 1 aromatic rings. The average molecular weight is 351 g/mol. The Kier molecular flexibility index (Phi) is 7.11. The van der Waals surface area contributed by atoms with Crippen LogP contribution in [0.15, 0.2) is 18.2 Å². The van der Waals surface area contributed by atoms with Crippen molar-refractivity contribution < 1.29 is 14.6 Å². The molecule has 5 nitrogen and oxygen atoms in total. The number of methoxy groups -OCH3 is 2. The minimum atomic E-state index is 0.238. The average Bonchev–Trinajstić information content (AvgIpc) is 2.56. The second-order valence-electron chi connectivity index (χ2n) is 8.11. The smallest absolute Gasteiger partial charge is 0.123 e. The molecule has 1 aliphatic rings. The predicted octanol–water partition coefficient (Wildman–Crippen LogP) is 2.62. The second kappa shape index (κ2) is 8.88. The fourth-order valence-electron chi connectivity index (χ4n) is 3.59. The van der Waals surface area contributed by atoms with Gasteiger partial charge in [0, 0.05) is 50.9 Å². The van der Waals surface area contributed by atoms with Crippen LogP contribution in [0.2, 0.25) is 0 Å². The normalized spacial score (nSPS) is 19.8. The maximum Gasteiger partial charge on any atom is 0.123 e. The van der Waals surface area contributed by atoms with Gasteiger partial charge in [0.1, 0.15) is 11.5 Å². The molecule has 1 unspecified atom stereocenters. The molecule has 1 atom stereocenters. The molecular formula is C20H34N2O3. The lowest BCUT2D eigenvalue weighted by Gasteiger charge is -2.44. The molecule has 1 aliphatic heterocycles. The van der Waals surface area contributed by atoms with Gasteiger partial charge in [-0.05, 0) is 30.0 Å². The molecule has 0 spiro atoms. The van der Waals surface area contributed by atoms with Gasteiger partial charge in [-0.2, -0.15) is 0 Å². The summed E-state index contributed by atoms with van der Waals surface area (Å²) in [5, 5.41) is 9.48. The number of rotatable bonds is 7. The van der Waals surface area contributed by atoms with Gasteiger partial charge < -0.3 is 14.6 Å². The van der Waals surface area contributed by atoms with Gasteiger partial charge in [-0.1, -0.05) is 20.8 Å². The lowest BCUT2D eigenvalue weighted by molar-refractivity contribution is 0.0337. The molecule has 25 heavy (non-hydrogen) atoms. The molecule has 5 heteroatoms. The molecule has 1 N–H and O–H groups in total. The first-order chi connectivity index (χ1) is 11.9.